The molecule has 0 aliphatic heterocycles. The second-order valence-electron chi connectivity index (χ2n) is 13.6. The minimum atomic E-state index is 0.600. The summed E-state index contributed by atoms with van der Waals surface area (Å²) in [5.41, 5.74) is 6.65. The van der Waals surface area contributed by atoms with Crippen molar-refractivity contribution in [3.63, 3.8) is 0 Å². The molecule has 11 aromatic rings. The van der Waals surface area contributed by atoms with Crippen LogP contribution in [0.4, 0.5) is 0 Å². The van der Waals surface area contributed by atoms with E-state index in [0.717, 1.165) is 55.1 Å². The first-order valence-corrected chi connectivity index (χ1v) is 17.8. The molecule has 4 heteroatoms. The van der Waals surface area contributed by atoms with Crippen molar-refractivity contribution in [1.29, 1.82) is 0 Å². The Bertz CT molecular complexity index is 3240. The second kappa shape index (κ2) is 11.7. The van der Waals surface area contributed by atoms with Crippen molar-refractivity contribution < 1.29 is 4.42 Å². The van der Waals surface area contributed by atoms with Gasteiger partial charge in [-0.3, -0.25) is 0 Å². The first-order chi connectivity index (χ1) is 26.2. The van der Waals surface area contributed by atoms with Crippen LogP contribution >= 0.6 is 0 Å². The minimum Gasteiger partial charge on any atom is -0.456 e. The number of furan rings is 1. The van der Waals surface area contributed by atoms with E-state index in [4.69, 9.17) is 19.4 Å². The summed E-state index contributed by atoms with van der Waals surface area (Å²) in [6, 6.07) is 61.7. The molecule has 246 valence electrons. The van der Waals surface area contributed by atoms with Crippen molar-refractivity contribution >= 4 is 65.0 Å². The number of hydrogen-bond donors (Lipinski definition) is 0. The molecule has 53 heavy (non-hydrogen) atoms. The van der Waals surface area contributed by atoms with Crippen LogP contribution in [0.3, 0.4) is 0 Å². The van der Waals surface area contributed by atoms with E-state index >= 15 is 0 Å². The largest absolute Gasteiger partial charge is 0.456 e. The Morgan fingerprint density at radius 3 is 1.81 bits per heavy atom. The highest BCUT2D eigenvalue weighted by atomic mass is 16.3. The maximum atomic E-state index is 6.45. The molecule has 0 unspecified atom stereocenters. The van der Waals surface area contributed by atoms with Gasteiger partial charge in [0.05, 0.1) is 0 Å². The smallest absolute Gasteiger partial charge is 0.164 e. The van der Waals surface area contributed by atoms with Gasteiger partial charge in [0.1, 0.15) is 11.2 Å². The van der Waals surface area contributed by atoms with Crippen LogP contribution in [0.5, 0.6) is 0 Å². The van der Waals surface area contributed by atoms with Crippen molar-refractivity contribution in [3.05, 3.63) is 176 Å². The van der Waals surface area contributed by atoms with Crippen LogP contribution in [0.1, 0.15) is 0 Å². The summed E-state index contributed by atoms with van der Waals surface area (Å²) in [7, 11) is 0. The van der Waals surface area contributed by atoms with Gasteiger partial charge in [-0.2, -0.15) is 0 Å². The van der Waals surface area contributed by atoms with Gasteiger partial charge in [-0.1, -0.05) is 146 Å². The molecular weight excluding hydrogens is 647 g/mol. The predicted octanol–water partition coefficient (Wildman–Crippen LogP) is 13.1. The third-order valence-corrected chi connectivity index (χ3v) is 10.5. The van der Waals surface area contributed by atoms with Crippen LogP contribution in [-0.4, -0.2) is 15.0 Å². The van der Waals surface area contributed by atoms with Gasteiger partial charge in [-0.15, -0.1) is 0 Å². The topological polar surface area (TPSA) is 51.8 Å². The summed E-state index contributed by atoms with van der Waals surface area (Å²) in [6.45, 7) is 0. The van der Waals surface area contributed by atoms with Gasteiger partial charge >= 0.3 is 0 Å². The van der Waals surface area contributed by atoms with Crippen molar-refractivity contribution in [2.45, 2.75) is 0 Å². The molecule has 4 nitrogen and oxygen atoms in total. The van der Waals surface area contributed by atoms with Crippen LogP contribution in [0, 0.1) is 0 Å². The molecule has 2 aromatic heterocycles. The van der Waals surface area contributed by atoms with Crippen LogP contribution in [-0.2, 0) is 0 Å². The molecule has 0 aliphatic rings. The normalized spacial score (nSPS) is 11.8. The molecule has 0 saturated carbocycles. The summed E-state index contributed by atoms with van der Waals surface area (Å²) >= 11 is 0. The first-order valence-electron chi connectivity index (χ1n) is 17.8. The third kappa shape index (κ3) is 4.88. The number of fused-ring (bicyclic) bond motifs is 9. The van der Waals surface area contributed by atoms with E-state index in [2.05, 4.69) is 133 Å². The zero-order valence-electron chi connectivity index (χ0n) is 28.5. The van der Waals surface area contributed by atoms with Crippen molar-refractivity contribution in [1.82, 2.24) is 15.0 Å². The van der Waals surface area contributed by atoms with Gasteiger partial charge in [0.2, 0.25) is 0 Å². The maximum Gasteiger partial charge on any atom is 0.164 e. The number of nitrogens with zero attached hydrogens (tertiary/aromatic N) is 3. The van der Waals surface area contributed by atoms with E-state index in [0.29, 0.717) is 17.5 Å². The number of rotatable bonds is 4. The highest BCUT2D eigenvalue weighted by Gasteiger charge is 2.19. The van der Waals surface area contributed by atoms with Gasteiger partial charge in [-0.25, -0.2) is 15.0 Å². The van der Waals surface area contributed by atoms with E-state index in [1.807, 2.05) is 42.5 Å². The number of hydrogen-bond acceptors (Lipinski definition) is 4. The Labute approximate surface area is 304 Å². The Morgan fingerprint density at radius 2 is 0.925 bits per heavy atom. The number of benzene rings is 9. The van der Waals surface area contributed by atoms with Crippen LogP contribution in [0.25, 0.3) is 110 Å². The minimum absolute atomic E-state index is 0.600. The lowest BCUT2D eigenvalue weighted by Crippen LogP contribution is -2.00. The molecule has 0 fully saturated rings. The molecule has 0 amide bonds. The molecule has 2 heterocycles. The lowest BCUT2D eigenvalue weighted by molar-refractivity contribution is 0.669. The lowest BCUT2D eigenvalue weighted by atomic mass is 9.95. The average molecular weight is 676 g/mol. The first kappa shape index (κ1) is 29.5. The van der Waals surface area contributed by atoms with Crippen molar-refractivity contribution in [2.75, 3.05) is 0 Å². The Kier molecular flexibility index (Phi) is 6.52. The standard InChI is InChI=1S/C49H29N3O/c1-2-11-33(12-3-1)47-50-48(38-23-25-40-37(28-38)22-20-32-19-18-31-10-6-7-14-39(31)45(32)40)52-49(51-47)41-15-8-16-44-46(41)42-29-36(24-26-43(42)53-44)35-21-17-30-9-4-5-13-34(30)27-35/h1-29H. The Balaban J connectivity index is 1.11. The molecular formula is C49H29N3O. The average Bonchev–Trinajstić information content (AvgIpc) is 3.61. The molecule has 0 aliphatic carbocycles. The molecule has 0 N–H and O–H groups in total. The fourth-order valence-electron chi connectivity index (χ4n) is 7.88. The predicted molar refractivity (Wildman–Crippen MR) is 219 cm³/mol. The monoisotopic (exact) mass is 675 g/mol. The van der Waals surface area contributed by atoms with Gasteiger partial charge in [0.15, 0.2) is 17.5 Å². The SMILES string of the molecule is c1ccc(-c2nc(-c3ccc4c(ccc5ccc6ccccc6c54)c3)nc(-c3cccc4oc5ccc(-c6ccc7ccccc7c6)cc5c34)n2)cc1. The number of aromatic nitrogens is 3. The molecule has 9 aromatic carbocycles. The molecule has 0 saturated heterocycles. The van der Waals surface area contributed by atoms with Crippen LogP contribution in [0.15, 0.2) is 180 Å². The Morgan fingerprint density at radius 1 is 0.302 bits per heavy atom. The Hall–Kier alpha value is -7.17. The summed E-state index contributed by atoms with van der Waals surface area (Å²) in [4.78, 5) is 15.4. The zero-order valence-corrected chi connectivity index (χ0v) is 28.5. The molecule has 0 bridgehead atoms. The maximum absolute atomic E-state index is 6.45. The van der Waals surface area contributed by atoms with E-state index in [-0.39, 0.29) is 0 Å². The zero-order chi connectivity index (χ0) is 34.9. The lowest BCUT2D eigenvalue weighted by Gasteiger charge is -2.11. The molecule has 0 atom stereocenters. The summed E-state index contributed by atoms with van der Waals surface area (Å²) < 4.78 is 6.45. The third-order valence-electron chi connectivity index (χ3n) is 10.5. The summed E-state index contributed by atoms with van der Waals surface area (Å²) in [5.74, 6) is 1.84. The van der Waals surface area contributed by atoms with Gasteiger partial charge in [0.25, 0.3) is 0 Å². The van der Waals surface area contributed by atoms with E-state index in [9.17, 15) is 0 Å². The van der Waals surface area contributed by atoms with Crippen LogP contribution in [0.2, 0.25) is 0 Å². The highest BCUT2D eigenvalue weighted by Crippen LogP contribution is 2.39. The van der Waals surface area contributed by atoms with E-state index in [1.54, 1.807) is 0 Å². The van der Waals surface area contributed by atoms with Gasteiger partial charge in [-0.05, 0) is 84.5 Å². The molecule has 0 radical (unpaired) electrons. The van der Waals surface area contributed by atoms with E-state index < -0.39 is 0 Å². The fourth-order valence-corrected chi connectivity index (χ4v) is 7.88. The fraction of sp³-hybridized carbons (Fsp3) is 0. The quantitative estimate of drug-likeness (QED) is 0.174. The highest BCUT2D eigenvalue weighted by molar-refractivity contribution is 6.20. The summed E-state index contributed by atoms with van der Waals surface area (Å²) in [6.07, 6.45) is 0. The van der Waals surface area contributed by atoms with Crippen LogP contribution < -0.4 is 0 Å². The molecule has 11 rings (SSSR count). The molecule has 0 spiro atoms. The van der Waals surface area contributed by atoms with Gasteiger partial charge < -0.3 is 4.42 Å². The van der Waals surface area contributed by atoms with E-state index in [1.165, 1.54) is 37.7 Å². The summed E-state index contributed by atoms with van der Waals surface area (Å²) in [5, 5.41) is 11.8. The van der Waals surface area contributed by atoms with Gasteiger partial charge in [0, 0.05) is 27.5 Å². The second-order valence-corrected chi connectivity index (χ2v) is 13.6. The van der Waals surface area contributed by atoms with Crippen molar-refractivity contribution in [3.8, 4) is 45.3 Å². The van der Waals surface area contributed by atoms with Crippen molar-refractivity contribution in [2.24, 2.45) is 0 Å².